The number of hydrogen-bond acceptors (Lipinski definition) is 6. The van der Waals surface area contributed by atoms with Crippen molar-refractivity contribution in [2.24, 2.45) is 0 Å². The summed E-state index contributed by atoms with van der Waals surface area (Å²) in [6, 6.07) is 10.6. The summed E-state index contributed by atoms with van der Waals surface area (Å²) in [4.78, 5) is 32.7. The Bertz CT molecular complexity index is 2130. The van der Waals surface area contributed by atoms with Gasteiger partial charge in [0, 0.05) is 89.5 Å². The van der Waals surface area contributed by atoms with Crippen LogP contribution in [0.15, 0.2) is 42.9 Å². The van der Waals surface area contributed by atoms with Crippen LogP contribution in [0.3, 0.4) is 0 Å². The lowest BCUT2D eigenvalue weighted by molar-refractivity contribution is 0.220. The average molecular weight is 642 g/mol. The Morgan fingerprint density at radius 1 is 0.625 bits per heavy atom. The molecular formula is C39H47N9. The number of aryl methyl sites for hydroxylation is 2. The molecule has 3 N–H and O–H groups in total. The molecule has 0 aromatic carbocycles. The maximum Gasteiger partial charge on any atom is 0.137 e. The van der Waals surface area contributed by atoms with E-state index in [1.54, 1.807) is 0 Å². The van der Waals surface area contributed by atoms with E-state index in [9.17, 15) is 0 Å². The van der Waals surface area contributed by atoms with Crippen LogP contribution in [-0.4, -0.2) is 90.9 Å². The number of aromatic nitrogens is 6. The summed E-state index contributed by atoms with van der Waals surface area (Å²) in [5, 5.41) is 3.91. The molecule has 3 aliphatic rings. The second kappa shape index (κ2) is 11.8. The Labute approximate surface area is 282 Å². The van der Waals surface area contributed by atoms with Gasteiger partial charge >= 0.3 is 0 Å². The zero-order valence-electron chi connectivity index (χ0n) is 28.7. The molecule has 6 aromatic heterocycles. The van der Waals surface area contributed by atoms with Gasteiger partial charge in [0.2, 0.25) is 0 Å². The average Bonchev–Trinajstić information content (AvgIpc) is 3.81. The zero-order valence-corrected chi connectivity index (χ0v) is 28.7. The molecule has 0 aliphatic heterocycles. The molecule has 9 heteroatoms. The van der Waals surface area contributed by atoms with Gasteiger partial charge in [-0.1, -0.05) is 0 Å². The molecule has 9 rings (SSSR count). The van der Waals surface area contributed by atoms with Crippen molar-refractivity contribution < 1.29 is 0 Å². The molecule has 248 valence electrons. The molecule has 3 aliphatic carbocycles. The van der Waals surface area contributed by atoms with Gasteiger partial charge in [-0.15, -0.1) is 0 Å². The second-order valence-corrected chi connectivity index (χ2v) is 15.1. The van der Waals surface area contributed by atoms with Gasteiger partial charge < -0.3 is 19.9 Å². The number of aromatic amines is 3. The van der Waals surface area contributed by atoms with Crippen LogP contribution in [0.1, 0.15) is 64.2 Å². The van der Waals surface area contributed by atoms with Crippen LogP contribution in [-0.2, 0) is 51.6 Å². The fourth-order valence-electron chi connectivity index (χ4n) is 9.05. The van der Waals surface area contributed by atoms with Crippen LogP contribution in [0.2, 0.25) is 0 Å². The summed E-state index contributed by atoms with van der Waals surface area (Å²) in [5.74, 6) is 0. The predicted octanol–water partition coefficient (Wildman–Crippen LogP) is 5.71. The molecule has 6 aromatic rings. The normalized spacial score (nSPS) is 21.1. The van der Waals surface area contributed by atoms with Crippen molar-refractivity contribution in [1.82, 2.24) is 44.6 Å². The first-order valence-corrected chi connectivity index (χ1v) is 17.9. The van der Waals surface area contributed by atoms with E-state index in [2.05, 4.69) is 99.5 Å². The first-order valence-electron chi connectivity index (χ1n) is 17.9. The third-order valence-electron chi connectivity index (χ3n) is 11.9. The molecule has 0 fully saturated rings. The Balaban J connectivity index is 0.891. The number of likely N-dealkylation sites (N-methyl/N-ethyl adjacent to an activating group) is 3. The molecule has 0 amide bonds. The number of rotatable bonds is 7. The van der Waals surface area contributed by atoms with Gasteiger partial charge in [-0.3, -0.25) is 9.80 Å². The minimum atomic E-state index is 0.460. The van der Waals surface area contributed by atoms with E-state index in [1.165, 1.54) is 80.3 Å². The van der Waals surface area contributed by atoms with Gasteiger partial charge in [-0.05, 0) is 132 Å². The van der Waals surface area contributed by atoms with E-state index in [0.717, 1.165) is 68.6 Å². The predicted molar refractivity (Wildman–Crippen MR) is 192 cm³/mol. The molecule has 0 bridgehead atoms. The van der Waals surface area contributed by atoms with Crippen LogP contribution in [0.25, 0.3) is 33.1 Å². The lowest BCUT2D eigenvalue weighted by atomic mass is 9.91. The molecule has 48 heavy (non-hydrogen) atoms. The number of H-pyrrole nitrogens is 3. The minimum absolute atomic E-state index is 0.460. The van der Waals surface area contributed by atoms with E-state index < -0.39 is 0 Å². The fraction of sp³-hybridized carbons (Fsp3) is 0.462. The van der Waals surface area contributed by atoms with Crippen molar-refractivity contribution in [3.63, 3.8) is 0 Å². The topological polar surface area (TPSA) is 95.8 Å². The first-order chi connectivity index (χ1) is 23.4. The molecule has 3 atom stereocenters. The maximum atomic E-state index is 4.92. The Morgan fingerprint density at radius 2 is 1.21 bits per heavy atom. The van der Waals surface area contributed by atoms with Crippen LogP contribution in [0, 0.1) is 0 Å². The molecule has 0 radical (unpaired) electrons. The molecular weight excluding hydrogens is 594 g/mol. The zero-order chi connectivity index (χ0) is 32.5. The highest BCUT2D eigenvalue weighted by Gasteiger charge is 2.30. The van der Waals surface area contributed by atoms with Crippen molar-refractivity contribution in [3.8, 4) is 0 Å². The van der Waals surface area contributed by atoms with Gasteiger partial charge in [0.25, 0.3) is 0 Å². The molecule has 6 heterocycles. The van der Waals surface area contributed by atoms with Crippen molar-refractivity contribution >= 4 is 33.1 Å². The number of nitrogens with one attached hydrogen (secondary N) is 3. The van der Waals surface area contributed by atoms with Gasteiger partial charge in [0.1, 0.15) is 16.9 Å². The van der Waals surface area contributed by atoms with Crippen molar-refractivity contribution in [2.45, 2.75) is 89.0 Å². The summed E-state index contributed by atoms with van der Waals surface area (Å²) < 4.78 is 0. The Hall–Kier alpha value is -4.05. The van der Waals surface area contributed by atoms with Crippen LogP contribution in [0.4, 0.5) is 0 Å². The Kier molecular flexibility index (Phi) is 7.40. The van der Waals surface area contributed by atoms with Gasteiger partial charge in [0.05, 0.1) is 0 Å². The van der Waals surface area contributed by atoms with Gasteiger partial charge in [0.15, 0.2) is 0 Å². The molecule has 0 saturated carbocycles. The van der Waals surface area contributed by atoms with E-state index in [4.69, 9.17) is 9.97 Å². The quantitative estimate of drug-likeness (QED) is 0.193. The largest absolute Gasteiger partial charge is 0.343 e. The third kappa shape index (κ3) is 5.23. The number of hydrogen-bond donors (Lipinski definition) is 3. The number of pyridine rings is 3. The standard InChI is InChI=1S/C39H47N9/c1-46(2)25-10-11-35-30(15-25)32-13-24(20-41-38(32)44-35)22-48(4)27-17-31-33-14-23(19-42-39(33)45-36(31)18-27)21-47(3)26-7-5-9-34-29(16-26)28-8-6-12-40-37(28)43-34/h6,8,12-14,19-20,25-27H,5,7,9-11,15-18,21-22H2,1-4H3,(H,40,43)(H,41,44)(H,42,45)/t25-,26?,27+/m1/s1. The molecule has 0 spiro atoms. The van der Waals surface area contributed by atoms with E-state index in [-0.39, 0.29) is 0 Å². The maximum absolute atomic E-state index is 4.92. The highest BCUT2D eigenvalue weighted by Crippen LogP contribution is 2.34. The van der Waals surface area contributed by atoms with E-state index in [1.807, 2.05) is 6.20 Å². The van der Waals surface area contributed by atoms with Crippen molar-refractivity contribution in [2.75, 3.05) is 28.2 Å². The van der Waals surface area contributed by atoms with Gasteiger partial charge in [-0.2, -0.15) is 0 Å². The van der Waals surface area contributed by atoms with Gasteiger partial charge in [-0.25, -0.2) is 15.0 Å². The number of nitrogens with zero attached hydrogens (tertiary/aromatic N) is 6. The Morgan fingerprint density at radius 3 is 1.94 bits per heavy atom. The fourth-order valence-corrected chi connectivity index (χ4v) is 9.05. The summed E-state index contributed by atoms with van der Waals surface area (Å²) in [7, 11) is 8.97. The highest BCUT2D eigenvalue weighted by atomic mass is 15.1. The summed E-state index contributed by atoms with van der Waals surface area (Å²) in [5.41, 5.74) is 14.2. The van der Waals surface area contributed by atoms with Crippen LogP contribution < -0.4 is 0 Å². The van der Waals surface area contributed by atoms with Crippen molar-refractivity contribution in [3.05, 3.63) is 87.8 Å². The number of fused-ring (bicyclic) bond motifs is 9. The van der Waals surface area contributed by atoms with E-state index >= 15 is 0 Å². The smallest absolute Gasteiger partial charge is 0.137 e. The van der Waals surface area contributed by atoms with Crippen molar-refractivity contribution in [1.29, 1.82) is 0 Å². The molecule has 0 saturated heterocycles. The third-order valence-corrected chi connectivity index (χ3v) is 11.9. The second-order valence-electron chi connectivity index (χ2n) is 15.1. The van der Waals surface area contributed by atoms with E-state index in [0.29, 0.717) is 18.1 Å². The monoisotopic (exact) mass is 641 g/mol. The SMILES string of the molecule is CN(Cc1cnc2[nH]c3c(c2c1)C[C@H](N(C)Cc1cnc2[nH]c4c(c2c1)C[C@H](N(C)C)CC4)C3)C1CCCc2[nH]c3ncccc3c2C1. The lowest BCUT2D eigenvalue weighted by Gasteiger charge is -2.28. The van der Waals surface area contributed by atoms with Crippen LogP contribution in [0.5, 0.6) is 0 Å². The highest BCUT2D eigenvalue weighted by molar-refractivity contribution is 5.84. The first kappa shape index (κ1) is 30.0. The lowest BCUT2D eigenvalue weighted by Crippen LogP contribution is -2.33. The summed E-state index contributed by atoms with van der Waals surface area (Å²) in [6.45, 7) is 1.80. The summed E-state index contributed by atoms with van der Waals surface area (Å²) >= 11 is 0. The van der Waals surface area contributed by atoms with Crippen LogP contribution >= 0.6 is 0 Å². The molecule has 9 nitrogen and oxygen atoms in total. The minimum Gasteiger partial charge on any atom is -0.343 e. The summed E-state index contributed by atoms with van der Waals surface area (Å²) in [6.07, 6.45) is 16.1. The molecule has 1 unspecified atom stereocenters.